The lowest BCUT2D eigenvalue weighted by Crippen LogP contribution is -2.31. The molecule has 2 heterocycles. The van der Waals surface area contributed by atoms with Crippen molar-refractivity contribution in [3.05, 3.63) is 71.7 Å². The quantitative estimate of drug-likeness (QED) is 0.694. The predicted molar refractivity (Wildman–Crippen MR) is 109 cm³/mol. The number of aromatic nitrogens is 3. The molecule has 2 N–H and O–H groups in total. The number of ether oxygens (including phenoxy) is 2. The van der Waals surface area contributed by atoms with Gasteiger partial charge in [0.1, 0.15) is 23.9 Å². The topological polar surface area (TPSA) is 90.3 Å². The predicted octanol–water partition coefficient (Wildman–Crippen LogP) is 3.22. The molecule has 0 spiro atoms. The number of nitrogens with zero attached hydrogens (tertiary/aromatic N) is 3. The zero-order chi connectivity index (χ0) is 20.4. The van der Waals surface area contributed by atoms with Crippen molar-refractivity contribution >= 4 is 17.5 Å². The Labute approximate surface area is 168 Å². The third-order valence-corrected chi connectivity index (χ3v) is 4.81. The van der Waals surface area contributed by atoms with Crippen LogP contribution in [0.4, 0.5) is 11.6 Å². The Kier molecular flexibility index (Phi) is 4.90. The van der Waals surface area contributed by atoms with E-state index in [9.17, 15) is 4.79 Å². The van der Waals surface area contributed by atoms with Gasteiger partial charge in [0.15, 0.2) is 0 Å². The highest BCUT2D eigenvalue weighted by Gasteiger charge is 2.33. The van der Waals surface area contributed by atoms with E-state index in [1.807, 2.05) is 37.3 Å². The van der Waals surface area contributed by atoms with E-state index in [1.54, 1.807) is 37.1 Å². The molecular formula is C21H21N5O3. The SMILES string of the molecule is COc1ccc(NC(=O)C2=C(C)Nc3ncnn3C2c2ccccc2)c(OC)c1. The van der Waals surface area contributed by atoms with Crippen LogP contribution < -0.4 is 20.1 Å². The largest absolute Gasteiger partial charge is 0.497 e. The van der Waals surface area contributed by atoms with Crippen LogP contribution in [0, 0.1) is 0 Å². The molecule has 1 aliphatic rings. The number of benzene rings is 2. The second-order valence-corrected chi connectivity index (χ2v) is 6.53. The molecule has 0 saturated carbocycles. The number of fused-ring (bicyclic) bond motifs is 1. The number of rotatable bonds is 5. The summed E-state index contributed by atoms with van der Waals surface area (Å²) in [6, 6.07) is 14.6. The second kappa shape index (κ2) is 7.67. The summed E-state index contributed by atoms with van der Waals surface area (Å²) in [5.74, 6) is 1.49. The van der Waals surface area contributed by atoms with Crippen LogP contribution in [0.3, 0.4) is 0 Å². The van der Waals surface area contributed by atoms with Crippen LogP contribution in [-0.2, 0) is 4.79 Å². The van der Waals surface area contributed by atoms with Gasteiger partial charge in [-0.2, -0.15) is 10.1 Å². The van der Waals surface area contributed by atoms with Gasteiger partial charge in [-0.25, -0.2) is 4.68 Å². The Morgan fingerprint density at radius 2 is 1.93 bits per heavy atom. The molecule has 0 radical (unpaired) electrons. The molecule has 2 aromatic carbocycles. The molecule has 1 aliphatic heterocycles. The molecule has 29 heavy (non-hydrogen) atoms. The van der Waals surface area contributed by atoms with Gasteiger partial charge in [-0.05, 0) is 24.6 Å². The van der Waals surface area contributed by atoms with Crippen molar-refractivity contribution in [3.8, 4) is 11.5 Å². The lowest BCUT2D eigenvalue weighted by molar-refractivity contribution is -0.113. The average molecular weight is 391 g/mol. The lowest BCUT2D eigenvalue weighted by Gasteiger charge is -2.28. The highest BCUT2D eigenvalue weighted by atomic mass is 16.5. The summed E-state index contributed by atoms with van der Waals surface area (Å²) in [5, 5.41) is 10.4. The number of carbonyl (C=O) groups excluding carboxylic acids is 1. The standard InChI is InChI=1S/C21H21N5O3/c1-13-18(20(27)25-16-10-9-15(28-2)11-17(16)29-3)19(14-7-5-4-6-8-14)26-21(24-13)22-12-23-26/h4-12,19H,1-3H3,(H,25,27)(H,22,23,24). The first-order valence-corrected chi connectivity index (χ1v) is 9.08. The number of anilines is 2. The van der Waals surface area contributed by atoms with Gasteiger partial charge in [-0.1, -0.05) is 30.3 Å². The molecule has 0 saturated heterocycles. The van der Waals surface area contributed by atoms with Crippen molar-refractivity contribution in [2.24, 2.45) is 0 Å². The van der Waals surface area contributed by atoms with Crippen LogP contribution in [0.5, 0.6) is 11.5 Å². The van der Waals surface area contributed by atoms with E-state index in [-0.39, 0.29) is 5.91 Å². The zero-order valence-corrected chi connectivity index (χ0v) is 16.3. The van der Waals surface area contributed by atoms with Gasteiger partial charge >= 0.3 is 0 Å². The third-order valence-electron chi connectivity index (χ3n) is 4.81. The molecule has 1 atom stereocenters. The van der Waals surface area contributed by atoms with Crippen LogP contribution >= 0.6 is 0 Å². The summed E-state index contributed by atoms with van der Waals surface area (Å²) in [4.78, 5) is 17.6. The van der Waals surface area contributed by atoms with Gasteiger partial charge in [0.25, 0.3) is 5.91 Å². The first-order chi connectivity index (χ1) is 14.1. The molecular weight excluding hydrogens is 370 g/mol. The maximum atomic E-state index is 13.4. The van der Waals surface area contributed by atoms with Crippen molar-refractivity contribution in [2.45, 2.75) is 13.0 Å². The second-order valence-electron chi connectivity index (χ2n) is 6.53. The van der Waals surface area contributed by atoms with Crippen LogP contribution in [0.25, 0.3) is 0 Å². The maximum Gasteiger partial charge on any atom is 0.255 e. The van der Waals surface area contributed by atoms with Gasteiger partial charge in [-0.3, -0.25) is 4.79 Å². The summed E-state index contributed by atoms with van der Waals surface area (Å²) < 4.78 is 12.3. The number of methoxy groups -OCH3 is 2. The fraction of sp³-hybridized carbons (Fsp3) is 0.190. The smallest absolute Gasteiger partial charge is 0.255 e. The van der Waals surface area contributed by atoms with Crippen molar-refractivity contribution in [3.63, 3.8) is 0 Å². The van der Waals surface area contributed by atoms with Gasteiger partial charge in [0.05, 0.1) is 25.5 Å². The fourth-order valence-electron chi connectivity index (χ4n) is 3.42. The average Bonchev–Trinajstić information content (AvgIpc) is 3.21. The van der Waals surface area contributed by atoms with E-state index in [0.717, 1.165) is 5.56 Å². The van der Waals surface area contributed by atoms with E-state index >= 15 is 0 Å². The molecule has 0 aliphatic carbocycles. The summed E-state index contributed by atoms with van der Waals surface area (Å²) >= 11 is 0. The molecule has 1 aromatic heterocycles. The molecule has 8 nitrogen and oxygen atoms in total. The van der Waals surface area contributed by atoms with Gasteiger partial charge in [0, 0.05) is 11.8 Å². The molecule has 4 rings (SSSR count). The fourth-order valence-corrected chi connectivity index (χ4v) is 3.42. The van der Waals surface area contributed by atoms with E-state index < -0.39 is 6.04 Å². The number of amides is 1. The third kappa shape index (κ3) is 3.40. The lowest BCUT2D eigenvalue weighted by atomic mass is 9.95. The normalized spacial score (nSPS) is 15.3. The molecule has 0 bridgehead atoms. The van der Waals surface area contributed by atoms with Crippen molar-refractivity contribution in [2.75, 3.05) is 24.9 Å². The molecule has 1 unspecified atom stereocenters. The van der Waals surface area contributed by atoms with E-state index in [0.29, 0.717) is 34.4 Å². The number of allylic oxidation sites excluding steroid dienone is 1. The van der Waals surface area contributed by atoms with E-state index in [1.165, 1.54) is 6.33 Å². The summed E-state index contributed by atoms with van der Waals surface area (Å²) in [5.41, 5.74) is 2.75. The molecule has 8 heteroatoms. The summed E-state index contributed by atoms with van der Waals surface area (Å²) in [6.45, 7) is 1.86. The minimum atomic E-state index is -0.404. The van der Waals surface area contributed by atoms with Crippen LogP contribution in [-0.4, -0.2) is 34.9 Å². The highest BCUT2D eigenvalue weighted by Crippen LogP contribution is 2.36. The molecule has 1 amide bonds. The van der Waals surface area contributed by atoms with Crippen LogP contribution in [0.1, 0.15) is 18.5 Å². The monoisotopic (exact) mass is 391 g/mol. The first kappa shape index (κ1) is 18.5. The Morgan fingerprint density at radius 3 is 2.66 bits per heavy atom. The van der Waals surface area contributed by atoms with Crippen molar-refractivity contribution in [1.29, 1.82) is 0 Å². The van der Waals surface area contributed by atoms with Gasteiger partial charge in [0.2, 0.25) is 5.95 Å². The van der Waals surface area contributed by atoms with Gasteiger partial charge in [-0.15, -0.1) is 0 Å². The number of hydrogen-bond acceptors (Lipinski definition) is 6. The van der Waals surface area contributed by atoms with Crippen LogP contribution in [0.2, 0.25) is 0 Å². The van der Waals surface area contributed by atoms with E-state index in [4.69, 9.17) is 9.47 Å². The summed E-state index contributed by atoms with van der Waals surface area (Å²) in [7, 11) is 3.13. The Bertz CT molecular complexity index is 1070. The van der Waals surface area contributed by atoms with E-state index in [2.05, 4.69) is 20.7 Å². The van der Waals surface area contributed by atoms with Crippen LogP contribution in [0.15, 0.2) is 66.1 Å². The molecule has 148 valence electrons. The minimum absolute atomic E-state index is 0.256. The highest BCUT2D eigenvalue weighted by molar-refractivity contribution is 6.06. The van der Waals surface area contributed by atoms with Gasteiger partial charge < -0.3 is 20.1 Å². The molecule has 3 aromatic rings. The van der Waals surface area contributed by atoms with Crippen molar-refractivity contribution < 1.29 is 14.3 Å². The maximum absolute atomic E-state index is 13.4. The minimum Gasteiger partial charge on any atom is -0.497 e. The summed E-state index contributed by atoms with van der Waals surface area (Å²) in [6.07, 6.45) is 1.47. The number of carbonyl (C=O) groups is 1. The Hall–Kier alpha value is -3.81. The Morgan fingerprint density at radius 1 is 1.14 bits per heavy atom. The number of nitrogens with one attached hydrogen (secondary N) is 2. The van der Waals surface area contributed by atoms with Crippen molar-refractivity contribution in [1.82, 2.24) is 14.8 Å². The Balaban J connectivity index is 1.73. The zero-order valence-electron chi connectivity index (χ0n) is 16.3. The number of hydrogen-bond donors (Lipinski definition) is 2. The first-order valence-electron chi connectivity index (χ1n) is 9.08. The molecule has 0 fully saturated rings.